The standard InChI is InChI=1S/C20H27N3O6/c1-14(20(27)21-16-4-6-17(28-3)7-5-16)29-19(26)9-8-18(25)23-12-10-22(11-13-23)15(2)24/h4-7,14H,8-13H2,1-3H3,(H,21,27)/t14-/m0/s1. The molecular weight excluding hydrogens is 378 g/mol. The van der Waals surface area contributed by atoms with Crippen molar-refractivity contribution >= 4 is 29.4 Å². The van der Waals surface area contributed by atoms with E-state index in [1.54, 1.807) is 41.2 Å². The van der Waals surface area contributed by atoms with Gasteiger partial charge in [0.15, 0.2) is 6.10 Å². The number of benzene rings is 1. The molecule has 1 N–H and O–H groups in total. The molecule has 0 aromatic heterocycles. The molecule has 1 fully saturated rings. The van der Waals surface area contributed by atoms with Gasteiger partial charge in [-0.3, -0.25) is 19.2 Å². The topological polar surface area (TPSA) is 105 Å². The summed E-state index contributed by atoms with van der Waals surface area (Å²) in [5.74, 6) is -0.591. The van der Waals surface area contributed by atoms with Crippen molar-refractivity contribution in [1.82, 2.24) is 9.80 Å². The Bertz CT molecular complexity index is 741. The summed E-state index contributed by atoms with van der Waals surface area (Å²) in [6.45, 7) is 4.86. The zero-order valence-corrected chi connectivity index (χ0v) is 17.0. The largest absolute Gasteiger partial charge is 0.497 e. The normalized spacial score (nSPS) is 14.7. The molecule has 29 heavy (non-hydrogen) atoms. The number of esters is 1. The number of amides is 3. The third-order valence-corrected chi connectivity index (χ3v) is 4.66. The maximum absolute atomic E-state index is 12.2. The van der Waals surface area contributed by atoms with Crippen LogP contribution in [0.25, 0.3) is 0 Å². The Morgan fingerprint density at radius 3 is 2.14 bits per heavy atom. The van der Waals surface area contributed by atoms with Crippen LogP contribution in [0.1, 0.15) is 26.7 Å². The Morgan fingerprint density at radius 2 is 1.59 bits per heavy atom. The summed E-state index contributed by atoms with van der Waals surface area (Å²) in [7, 11) is 1.55. The van der Waals surface area contributed by atoms with Gasteiger partial charge in [-0.2, -0.15) is 0 Å². The quantitative estimate of drug-likeness (QED) is 0.680. The number of rotatable bonds is 7. The van der Waals surface area contributed by atoms with Crippen molar-refractivity contribution in [2.75, 3.05) is 38.6 Å². The van der Waals surface area contributed by atoms with E-state index < -0.39 is 18.0 Å². The van der Waals surface area contributed by atoms with Crippen molar-refractivity contribution in [2.45, 2.75) is 32.8 Å². The molecule has 158 valence electrons. The van der Waals surface area contributed by atoms with Gasteiger partial charge in [0.1, 0.15) is 5.75 Å². The number of carbonyl (C=O) groups excluding carboxylic acids is 4. The van der Waals surface area contributed by atoms with Crippen molar-refractivity contribution in [1.29, 1.82) is 0 Å². The van der Waals surface area contributed by atoms with Crippen LogP contribution in [-0.4, -0.2) is 72.9 Å². The van der Waals surface area contributed by atoms with E-state index in [2.05, 4.69) is 5.32 Å². The average molecular weight is 405 g/mol. The molecule has 1 aliphatic heterocycles. The number of hydrogen-bond acceptors (Lipinski definition) is 6. The predicted octanol–water partition coefficient (Wildman–Crippen LogP) is 1.04. The first-order chi connectivity index (χ1) is 13.8. The van der Waals surface area contributed by atoms with Gasteiger partial charge in [-0.15, -0.1) is 0 Å². The van der Waals surface area contributed by atoms with E-state index in [9.17, 15) is 19.2 Å². The fourth-order valence-electron chi connectivity index (χ4n) is 2.87. The summed E-state index contributed by atoms with van der Waals surface area (Å²) >= 11 is 0. The number of carbonyl (C=O) groups is 4. The summed E-state index contributed by atoms with van der Waals surface area (Å²) in [4.78, 5) is 51.0. The minimum absolute atomic E-state index is 0.00568. The van der Waals surface area contributed by atoms with E-state index in [1.807, 2.05) is 0 Å². The monoisotopic (exact) mass is 405 g/mol. The van der Waals surface area contributed by atoms with Crippen LogP contribution in [0.3, 0.4) is 0 Å². The maximum atomic E-state index is 12.2. The second-order valence-electron chi connectivity index (χ2n) is 6.74. The first-order valence-corrected chi connectivity index (χ1v) is 9.48. The van der Waals surface area contributed by atoms with E-state index >= 15 is 0 Å². The number of nitrogens with one attached hydrogen (secondary N) is 1. The van der Waals surface area contributed by atoms with Crippen LogP contribution < -0.4 is 10.1 Å². The molecule has 1 aromatic carbocycles. The number of ether oxygens (including phenoxy) is 2. The highest BCUT2D eigenvalue weighted by atomic mass is 16.5. The lowest BCUT2D eigenvalue weighted by Gasteiger charge is -2.34. The third kappa shape index (κ3) is 6.78. The molecule has 0 unspecified atom stereocenters. The van der Waals surface area contributed by atoms with Crippen LogP contribution in [0, 0.1) is 0 Å². The molecule has 1 heterocycles. The molecule has 3 amide bonds. The first kappa shape index (κ1) is 22.2. The van der Waals surface area contributed by atoms with Gasteiger partial charge in [-0.05, 0) is 31.2 Å². The predicted molar refractivity (Wildman–Crippen MR) is 105 cm³/mol. The van der Waals surface area contributed by atoms with E-state index in [-0.39, 0.29) is 24.7 Å². The van der Waals surface area contributed by atoms with Gasteiger partial charge in [0.2, 0.25) is 11.8 Å². The molecule has 9 nitrogen and oxygen atoms in total. The second kappa shape index (κ2) is 10.4. The van der Waals surface area contributed by atoms with Crippen molar-refractivity contribution < 1.29 is 28.7 Å². The molecule has 0 radical (unpaired) electrons. The van der Waals surface area contributed by atoms with Gasteiger partial charge >= 0.3 is 5.97 Å². The summed E-state index contributed by atoms with van der Waals surface area (Å²) in [5.41, 5.74) is 0.554. The number of methoxy groups -OCH3 is 1. The van der Waals surface area contributed by atoms with Gasteiger partial charge in [-0.1, -0.05) is 0 Å². The Morgan fingerprint density at radius 1 is 1.00 bits per heavy atom. The van der Waals surface area contributed by atoms with Gasteiger partial charge in [0.25, 0.3) is 5.91 Å². The zero-order valence-electron chi connectivity index (χ0n) is 17.0. The Balaban J connectivity index is 1.71. The third-order valence-electron chi connectivity index (χ3n) is 4.66. The highest BCUT2D eigenvalue weighted by Crippen LogP contribution is 2.15. The molecule has 9 heteroatoms. The maximum Gasteiger partial charge on any atom is 0.307 e. The van der Waals surface area contributed by atoms with E-state index in [1.165, 1.54) is 13.8 Å². The Hall–Kier alpha value is -3.10. The molecule has 0 saturated carbocycles. The highest BCUT2D eigenvalue weighted by molar-refractivity contribution is 5.95. The van der Waals surface area contributed by atoms with Crippen molar-refractivity contribution in [3.05, 3.63) is 24.3 Å². The van der Waals surface area contributed by atoms with Crippen molar-refractivity contribution in [2.24, 2.45) is 0 Å². The van der Waals surface area contributed by atoms with Crippen molar-refractivity contribution in [3.63, 3.8) is 0 Å². The van der Waals surface area contributed by atoms with E-state index in [4.69, 9.17) is 9.47 Å². The van der Waals surface area contributed by atoms with Crippen LogP contribution in [-0.2, 0) is 23.9 Å². The molecule has 1 saturated heterocycles. The van der Waals surface area contributed by atoms with E-state index in [0.717, 1.165) is 0 Å². The minimum Gasteiger partial charge on any atom is -0.497 e. The molecular formula is C20H27N3O6. The number of piperazine rings is 1. The first-order valence-electron chi connectivity index (χ1n) is 9.48. The van der Waals surface area contributed by atoms with Crippen LogP contribution in [0.15, 0.2) is 24.3 Å². The van der Waals surface area contributed by atoms with Crippen LogP contribution in [0.5, 0.6) is 5.75 Å². The van der Waals surface area contributed by atoms with Gasteiger partial charge in [-0.25, -0.2) is 0 Å². The Labute approximate surface area is 169 Å². The lowest BCUT2D eigenvalue weighted by molar-refractivity contribution is -0.154. The summed E-state index contributed by atoms with van der Waals surface area (Å²) in [6, 6.07) is 6.76. The number of hydrogen-bond donors (Lipinski definition) is 1. The molecule has 1 aliphatic rings. The smallest absolute Gasteiger partial charge is 0.307 e. The molecule has 0 aliphatic carbocycles. The summed E-state index contributed by atoms with van der Waals surface area (Å²) in [6.07, 6.45) is -1.09. The fraction of sp³-hybridized carbons (Fsp3) is 0.500. The molecule has 0 spiro atoms. The molecule has 1 atom stereocenters. The zero-order chi connectivity index (χ0) is 21.4. The molecule has 1 aromatic rings. The lowest BCUT2D eigenvalue weighted by Crippen LogP contribution is -2.50. The minimum atomic E-state index is -0.987. The number of nitrogens with zero attached hydrogens (tertiary/aromatic N) is 2. The summed E-state index contributed by atoms with van der Waals surface area (Å²) < 4.78 is 10.2. The van der Waals surface area contributed by atoms with E-state index in [0.29, 0.717) is 37.6 Å². The van der Waals surface area contributed by atoms with Crippen LogP contribution >= 0.6 is 0 Å². The molecule has 0 bridgehead atoms. The Kier molecular flexibility index (Phi) is 7.99. The van der Waals surface area contributed by atoms with Gasteiger partial charge < -0.3 is 24.6 Å². The summed E-state index contributed by atoms with van der Waals surface area (Å²) in [5, 5.41) is 2.65. The van der Waals surface area contributed by atoms with Crippen molar-refractivity contribution in [3.8, 4) is 5.75 Å². The highest BCUT2D eigenvalue weighted by Gasteiger charge is 2.24. The lowest BCUT2D eigenvalue weighted by atomic mass is 10.2. The number of anilines is 1. The van der Waals surface area contributed by atoms with Gasteiger partial charge in [0, 0.05) is 45.2 Å². The van der Waals surface area contributed by atoms with Gasteiger partial charge in [0.05, 0.1) is 13.5 Å². The van der Waals surface area contributed by atoms with Crippen LogP contribution in [0.2, 0.25) is 0 Å². The average Bonchev–Trinajstić information content (AvgIpc) is 2.72. The second-order valence-corrected chi connectivity index (χ2v) is 6.74. The fourth-order valence-corrected chi connectivity index (χ4v) is 2.87. The SMILES string of the molecule is COc1ccc(NC(=O)[C@H](C)OC(=O)CCC(=O)N2CCN(C(C)=O)CC2)cc1. The van der Waals surface area contributed by atoms with Crippen LogP contribution in [0.4, 0.5) is 5.69 Å². The molecule has 2 rings (SSSR count).